The van der Waals surface area contributed by atoms with E-state index in [1.807, 2.05) is 49.9 Å². The maximum atomic E-state index is 11.4. The second kappa shape index (κ2) is 5.66. The minimum atomic E-state index is -0.780. The van der Waals surface area contributed by atoms with Gasteiger partial charge >= 0.3 is 5.97 Å². The second-order valence-electron chi connectivity index (χ2n) is 3.82. The quantitative estimate of drug-likeness (QED) is 0.830. The molecule has 0 aromatic heterocycles. The highest BCUT2D eigenvalue weighted by molar-refractivity contribution is 5.76. The van der Waals surface area contributed by atoms with E-state index in [1.54, 1.807) is 0 Å². The van der Waals surface area contributed by atoms with Crippen molar-refractivity contribution in [2.75, 3.05) is 13.1 Å². The fourth-order valence-corrected chi connectivity index (χ4v) is 1.97. The monoisotopic (exact) mass is 221 g/mol. The van der Waals surface area contributed by atoms with Gasteiger partial charge in [-0.1, -0.05) is 38.1 Å². The maximum Gasteiger partial charge on any atom is 0.325 e. The molecule has 1 atom stereocenters. The summed E-state index contributed by atoms with van der Waals surface area (Å²) in [5.74, 6) is -0.780. The van der Waals surface area contributed by atoms with Crippen LogP contribution in [0.3, 0.4) is 0 Å². The average molecular weight is 221 g/mol. The summed E-state index contributed by atoms with van der Waals surface area (Å²) in [7, 11) is 0. The van der Waals surface area contributed by atoms with Crippen LogP contribution in [0.1, 0.15) is 31.0 Å². The van der Waals surface area contributed by atoms with Crippen molar-refractivity contribution in [1.82, 2.24) is 4.90 Å². The predicted molar refractivity (Wildman–Crippen MR) is 64.5 cm³/mol. The first-order valence-electron chi connectivity index (χ1n) is 5.64. The molecule has 1 unspecified atom stereocenters. The van der Waals surface area contributed by atoms with E-state index in [1.165, 1.54) is 0 Å². The van der Waals surface area contributed by atoms with Gasteiger partial charge in [-0.2, -0.15) is 0 Å². The van der Waals surface area contributed by atoms with E-state index in [4.69, 9.17) is 0 Å². The highest BCUT2D eigenvalue weighted by Crippen LogP contribution is 2.23. The van der Waals surface area contributed by atoms with Crippen LogP contribution < -0.4 is 0 Å². The summed E-state index contributed by atoms with van der Waals surface area (Å²) in [6, 6.07) is 7.14. The van der Waals surface area contributed by atoms with Crippen LogP contribution in [0.5, 0.6) is 0 Å². The van der Waals surface area contributed by atoms with Gasteiger partial charge in [-0.25, -0.2) is 0 Å². The summed E-state index contributed by atoms with van der Waals surface area (Å²) in [5.41, 5.74) is 1.92. The number of aryl methyl sites for hydroxylation is 1. The molecular formula is C13H19NO2. The molecule has 3 nitrogen and oxygen atoms in total. The first-order chi connectivity index (χ1) is 7.61. The van der Waals surface area contributed by atoms with Gasteiger partial charge < -0.3 is 5.11 Å². The van der Waals surface area contributed by atoms with Gasteiger partial charge in [0.05, 0.1) is 0 Å². The third kappa shape index (κ3) is 2.61. The van der Waals surface area contributed by atoms with Gasteiger partial charge in [-0.3, -0.25) is 9.69 Å². The Labute approximate surface area is 96.7 Å². The van der Waals surface area contributed by atoms with E-state index in [0.29, 0.717) is 0 Å². The molecule has 0 saturated heterocycles. The van der Waals surface area contributed by atoms with E-state index in [0.717, 1.165) is 24.2 Å². The van der Waals surface area contributed by atoms with Gasteiger partial charge in [0.15, 0.2) is 0 Å². The van der Waals surface area contributed by atoms with E-state index in [-0.39, 0.29) is 0 Å². The molecule has 1 rings (SSSR count). The lowest BCUT2D eigenvalue weighted by Crippen LogP contribution is -2.34. The third-order valence-electron chi connectivity index (χ3n) is 2.89. The molecule has 1 aromatic carbocycles. The largest absolute Gasteiger partial charge is 0.480 e. The molecule has 88 valence electrons. The minimum absolute atomic E-state index is 0.531. The number of hydrogen-bond acceptors (Lipinski definition) is 2. The number of nitrogens with zero attached hydrogens (tertiary/aromatic N) is 1. The van der Waals surface area contributed by atoms with Crippen LogP contribution in [-0.4, -0.2) is 29.1 Å². The number of carboxylic acids is 1. The van der Waals surface area contributed by atoms with Gasteiger partial charge in [-0.15, -0.1) is 0 Å². The van der Waals surface area contributed by atoms with Crippen molar-refractivity contribution in [3.63, 3.8) is 0 Å². The Kier molecular flexibility index (Phi) is 4.50. The van der Waals surface area contributed by atoms with Gasteiger partial charge in [0.25, 0.3) is 0 Å². The van der Waals surface area contributed by atoms with Crippen molar-refractivity contribution >= 4 is 5.97 Å². The number of rotatable bonds is 5. The SMILES string of the molecule is CCN(CC)C(C(=O)O)c1ccccc1C. The van der Waals surface area contributed by atoms with E-state index >= 15 is 0 Å². The van der Waals surface area contributed by atoms with Gasteiger partial charge in [0.1, 0.15) is 6.04 Å². The van der Waals surface area contributed by atoms with Gasteiger partial charge in [0, 0.05) is 0 Å². The van der Waals surface area contributed by atoms with Crippen LogP contribution >= 0.6 is 0 Å². The Bertz CT molecular complexity index is 359. The van der Waals surface area contributed by atoms with Crippen molar-refractivity contribution in [2.24, 2.45) is 0 Å². The van der Waals surface area contributed by atoms with Crippen molar-refractivity contribution in [3.05, 3.63) is 35.4 Å². The van der Waals surface area contributed by atoms with Crippen LogP contribution in [0.15, 0.2) is 24.3 Å². The molecule has 0 spiro atoms. The van der Waals surface area contributed by atoms with Crippen molar-refractivity contribution in [3.8, 4) is 0 Å². The summed E-state index contributed by atoms with van der Waals surface area (Å²) >= 11 is 0. The smallest absolute Gasteiger partial charge is 0.325 e. The molecule has 0 amide bonds. The summed E-state index contributed by atoms with van der Waals surface area (Å²) in [4.78, 5) is 13.3. The highest BCUT2D eigenvalue weighted by atomic mass is 16.4. The van der Waals surface area contributed by atoms with Gasteiger partial charge in [0.2, 0.25) is 0 Å². The molecule has 0 radical (unpaired) electrons. The first kappa shape index (κ1) is 12.7. The van der Waals surface area contributed by atoms with Crippen molar-refractivity contribution in [1.29, 1.82) is 0 Å². The number of benzene rings is 1. The lowest BCUT2D eigenvalue weighted by molar-refractivity contribution is -0.143. The molecule has 0 saturated carbocycles. The van der Waals surface area contributed by atoms with Gasteiger partial charge in [-0.05, 0) is 31.1 Å². The molecule has 0 fully saturated rings. The maximum absolute atomic E-state index is 11.4. The number of likely N-dealkylation sites (N-methyl/N-ethyl adjacent to an activating group) is 1. The lowest BCUT2D eigenvalue weighted by atomic mass is 10.00. The normalized spacial score (nSPS) is 12.8. The fourth-order valence-electron chi connectivity index (χ4n) is 1.97. The zero-order chi connectivity index (χ0) is 12.1. The Balaban J connectivity index is 3.12. The number of hydrogen-bond donors (Lipinski definition) is 1. The molecule has 0 aliphatic carbocycles. The molecule has 0 aliphatic heterocycles. The number of aliphatic carboxylic acids is 1. The Morgan fingerprint density at radius 3 is 2.31 bits per heavy atom. The fraction of sp³-hybridized carbons (Fsp3) is 0.462. The van der Waals surface area contributed by atoms with Crippen molar-refractivity contribution < 1.29 is 9.90 Å². The van der Waals surface area contributed by atoms with Crippen LogP contribution in [0.25, 0.3) is 0 Å². The topological polar surface area (TPSA) is 40.5 Å². The van der Waals surface area contributed by atoms with Crippen molar-refractivity contribution in [2.45, 2.75) is 26.8 Å². The molecule has 16 heavy (non-hydrogen) atoms. The summed E-state index contributed by atoms with van der Waals surface area (Å²) in [6.45, 7) is 7.40. The average Bonchev–Trinajstić information content (AvgIpc) is 2.27. The molecule has 0 heterocycles. The van der Waals surface area contributed by atoms with E-state index in [2.05, 4.69) is 0 Å². The molecule has 3 heteroatoms. The minimum Gasteiger partial charge on any atom is -0.480 e. The zero-order valence-electron chi connectivity index (χ0n) is 10.1. The first-order valence-corrected chi connectivity index (χ1v) is 5.64. The highest BCUT2D eigenvalue weighted by Gasteiger charge is 2.26. The Morgan fingerprint density at radius 1 is 1.31 bits per heavy atom. The standard InChI is InChI=1S/C13H19NO2/c1-4-14(5-2)12(13(15)16)11-9-7-6-8-10(11)3/h6-9,12H,4-5H2,1-3H3,(H,15,16). The van der Waals surface area contributed by atoms with E-state index in [9.17, 15) is 9.90 Å². The van der Waals surface area contributed by atoms with Crippen LogP contribution in [0, 0.1) is 6.92 Å². The van der Waals surface area contributed by atoms with Crippen LogP contribution in [-0.2, 0) is 4.79 Å². The molecule has 0 bridgehead atoms. The van der Waals surface area contributed by atoms with Crippen LogP contribution in [0.4, 0.5) is 0 Å². The summed E-state index contributed by atoms with van der Waals surface area (Å²) in [5, 5.41) is 9.34. The number of carboxylic acid groups (broad SMARTS) is 1. The molecule has 1 N–H and O–H groups in total. The summed E-state index contributed by atoms with van der Waals surface area (Å²) < 4.78 is 0. The second-order valence-corrected chi connectivity index (χ2v) is 3.82. The summed E-state index contributed by atoms with van der Waals surface area (Å²) in [6.07, 6.45) is 0. The zero-order valence-corrected chi connectivity index (χ0v) is 10.1. The van der Waals surface area contributed by atoms with E-state index < -0.39 is 12.0 Å². The Hall–Kier alpha value is -1.35. The predicted octanol–water partition coefficient (Wildman–Crippen LogP) is 2.46. The Morgan fingerprint density at radius 2 is 1.88 bits per heavy atom. The third-order valence-corrected chi connectivity index (χ3v) is 2.89. The molecule has 1 aromatic rings. The van der Waals surface area contributed by atoms with Crippen LogP contribution in [0.2, 0.25) is 0 Å². The number of carbonyl (C=O) groups is 1. The molecular weight excluding hydrogens is 202 g/mol. The molecule has 0 aliphatic rings. The lowest BCUT2D eigenvalue weighted by Gasteiger charge is -2.27.